The summed E-state index contributed by atoms with van der Waals surface area (Å²) in [7, 11) is 1.63. The molecule has 0 bridgehead atoms. The smallest absolute Gasteiger partial charge is 0.233 e. The van der Waals surface area contributed by atoms with Crippen LogP contribution >= 0.6 is 11.8 Å². The molecule has 0 spiro atoms. The summed E-state index contributed by atoms with van der Waals surface area (Å²) in [6, 6.07) is 17.8. The first-order chi connectivity index (χ1) is 15.7. The number of carbonyl (C=O) groups excluding carboxylic acids is 1. The third-order valence-corrected chi connectivity index (χ3v) is 6.62. The Morgan fingerprint density at radius 3 is 2.56 bits per heavy atom. The Kier molecular flexibility index (Phi) is 7.44. The molecule has 7 nitrogen and oxygen atoms in total. The van der Waals surface area contributed by atoms with Gasteiger partial charge in [-0.05, 0) is 51.1 Å². The highest BCUT2D eigenvalue weighted by Gasteiger charge is 2.23. The summed E-state index contributed by atoms with van der Waals surface area (Å²) in [5.41, 5.74) is 1.96. The number of amides is 1. The molecule has 4 rings (SSSR count). The molecule has 2 aromatic carbocycles. The van der Waals surface area contributed by atoms with Gasteiger partial charge in [0.05, 0.1) is 18.9 Å². The van der Waals surface area contributed by atoms with Gasteiger partial charge in [-0.1, -0.05) is 48.2 Å². The molecule has 1 amide bonds. The average molecular weight is 452 g/mol. The number of nitrogens with zero attached hydrogens (tertiary/aromatic N) is 4. The van der Waals surface area contributed by atoms with Crippen LogP contribution in [0.15, 0.2) is 59.8 Å². The van der Waals surface area contributed by atoms with Gasteiger partial charge in [-0.25, -0.2) is 0 Å². The van der Waals surface area contributed by atoms with Gasteiger partial charge in [0.15, 0.2) is 11.0 Å². The molecule has 1 unspecified atom stereocenters. The number of para-hydroxylation sites is 2. The fraction of sp³-hybridized carbons (Fsp3) is 0.375. The Balaban J connectivity index is 1.47. The van der Waals surface area contributed by atoms with Crippen molar-refractivity contribution in [2.75, 3.05) is 20.2 Å². The van der Waals surface area contributed by atoms with E-state index >= 15 is 0 Å². The Morgan fingerprint density at radius 1 is 1.09 bits per heavy atom. The van der Waals surface area contributed by atoms with E-state index in [4.69, 9.17) is 4.74 Å². The quantitative estimate of drug-likeness (QED) is 0.501. The maximum absolute atomic E-state index is 12.8. The van der Waals surface area contributed by atoms with Crippen LogP contribution in [0.2, 0.25) is 0 Å². The molecule has 168 valence electrons. The van der Waals surface area contributed by atoms with Crippen molar-refractivity contribution in [1.29, 1.82) is 0 Å². The van der Waals surface area contributed by atoms with Crippen LogP contribution in [0, 0.1) is 0 Å². The van der Waals surface area contributed by atoms with Crippen LogP contribution in [0.5, 0.6) is 5.75 Å². The second kappa shape index (κ2) is 10.7. The van der Waals surface area contributed by atoms with Gasteiger partial charge in [0.25, 0.3) is 0 Å². The predicted molar refractivity (Wildman–Crippen MR) is 126 cm³/mol. The fourth-order valence-electron chi connectivity index (χ4n) is 3.84. The molecule has 0 saturated carbocycles. The number of likely N-dealkylation sites (tertiary alicyclic amines) is 1. The maximum Gasteiger partial charge on any atom is 0.233 e. The molecule has 1 aliphatic heterocycles. The van der Waals surface area contributed by atoms with Crippen LogP contribution < -0.4 is 10.1 Å². The molecule has 32 heavy (non-hydrogen) atoms. The van der Waals surface area contributed by atoms with E-state index in [2.05, 4.69) is 25.0 Å². The van der Waals surface area contributed by atoms with Gasteiger partial charge in [0.1, 0.15) is 5.75 Å². The normalized spacial score (nSPS) is 14.9. The van der Waals surface area contributed by atoms with Crippen LogP contribution in [-0.4, -0.2) is 51.0 Å². The molecule has 0 aliphatic carbocycles. The van der Waals surface area contributed by atoms with Crippen LogP contribution in [-0.2, 0) is 17.9 Å². The van der Waals surface area contributed by atoms with E-state index in [1.54, 1.807) is 7.11 Å². The van der Waals surface area contributed by atoms with E-state index in [1.165, 1.54) is 24.6 Å². The van der Waals surface area contributed by atoms with Crippen molar-refractivity contribution in [2.24, 2.45) is 0 Å². The second-order valence-corrected chi connectivity index (χ2v) is 9.15. The zero-order valence-electron chi connectivity index (χ0n) is 18.5. The molecule has 1 N–H and O–H groups in total. The zero-order valence-corrected chi connectivity index (χ0v) is 19.3. The Morgan fingerprint density at radius 2 is 1.81 bits per heavy atom. The van der Waals surface area contributed by atoms with Gasteiger partial charge >= 0.3 is 0 Å². The number of carbonyl (C=O) groups is 1. The molecule has 8 heteroatoms. The van der Waals surface area contributed by atoms with Gasteiger partial charge < -0.3 is 10.1 Å². The lowest BCUT2D eigenvalue weighted by Gasteiger charge is -2.17. The van der Waals surface area contributed by atoms with E-state index in [9.17, 15) is 4.79 Å². The highest BCUT2D eigenvalue weighted by atomic mass is 32.2. The van der Waals surface area contributed by atoms with Crippen molar-refractivity contribution in [2.45, 2.75) is 43.3 Å². The minimum Gasteiger partial charge on any atom is -0.496 e. The van der Waals surface area contributed by atoms with Gasteiger partial charge in [-0.2, -0.15) is 0 Å². The highest BCUT2D eigenvalue weighted by Crippen LogP contribution is 2.27. The summed E-state index contributed by atoms with van der Waals surface area (Å²) in [5, 5.41) is 12.4. The molecule has 1 aliphatic rings. The first kappa shape index (κ1) is 22.4. The van der Waals surface area contributed by atoms with E-state index in [1.807, 2.05) is 61.5 Å². The Hall–Kier alpha value is -2.84. The van der Waals surface area contributed by atoms with Crippen molar-refractivity contribution in [3.63, 3.8) is 0 Å². The third-order valence-electron chi connectivity index (χ3n) is 5.58. The van der Waals surface area contributed by atoms with Crippen molar-refractivity contribution >= 4 is 17.7 Å². The Labute approximate surface area is 193 Å². The minimum atomic E-state index is -0.323. The molecule has 1 saturated heterocycles. The first-order valence-electron chi connectivity index (χ1n) is 10.9. The lowest BCUT2D eigenvalue weighted by Crippen LogP contribution is -2.30. The molecule has 2 heterocycles. The number of hydrogen-bond donors (Lipinski definition) is 1. The summed E-state index contributed by atoms with van der Waals surface area (Å²) in [6.45, 7) is 5.25. The zero-order chi connectivity index (χ0) is 22.3. The van der Waals surface area contributed by atoms with Crippen LogP contribution in [0.1, 0.15) is 31.2 Å². The number of hydrogen-bond acceptors (Lipinski definition) is 6. The lowest BCUT2D eigenvalue weighted by atomic mass is 10.2. The van der Waals surface area contributed by atoms with E-state index in [0.717, 1.165) is 47.6 Å². The van der Waals surface area contributed by atoms with Crippen LogP contribution in [0.4, 0.5) is 0 Å². The number of aromatic nitrogens is 3. The molecule has 0 radical (unpaired) electrons. The second-order valence-electron chi connectivity index (χ2n) is 7.84. The number of benzene rings is 2. The standard InChI is InChI=1S/C24H29N5O2S/c1-18(23(30)25-16-19-10-6-7-13-21(19)31-2)32-24-27-26-22(17-28-14-8-9-15-28)29(24)20-11-4-3-5-12-20/h3-7,10-13,18H,8-9,14-17H2,1-2H3,(H,25,30). The monoisotopic (exact) mass is 451 g/mol. The lowest BCUT2D eigenvalue weighted by molar-refractivity contribution is -0.120. The van der Waals surface area contributed by atoms with Crippen LogP contribution in [0.3, 0.4) is 0 Å². The average Bonchev–Trinajstić information content (AvgIpc) is 3.48. The van der Waals surface area contributed by atoms with Crippen molar-refractivity contribution in [3.05, 3.63) is 66.0 Å². The SMILES string of the molecule is COc1ccccc1CNC(=O)C(C)Sc1nnc(CN2CCCC2)n1-c1ccccc1. The molecule has 1 atom stereocenters. The number of nitrogens with one attached hydrogen (secondary N) is 1. The Bertz CT molecular complexity index is 1030. The summed E-state index contributed by atoms with van der Waals surface area (Å²) in [6.07, 6.45) is 2.45. The van der Waals surface area contributed by atoms with Gasteiger partial charge in [0.2, 0.25) is 5.91 Å². The summed E-state index contributed by atoms with van der Waals surface area (Å²) in [5.74, 6) is 1.62. The molecule has 3 aromatic rings. The van der Waals surface area contributed by atoms with E-state index < -0.39 is 0 Å². The number of methoxy groups -OCH3 is 1. The molecular weight excluding hydrogens is 422 g/mol. The van der Waals surface area contributed by atoms with Gasteiger partial charge in [0, 0.05) is 17.8 Å². The summed E-state index contributed by atoms with van der Waals surface area (Å²) >= 11 is 1.42. The molecular formula is C24H29N5O2S. The predicted octanol–water partition coefficient (Wildman–Crippen LogP) is 3.67. The largest absolute Gasteiger partial charge is 0.496 e. The van der Waals surface area contributed by atoms with E-state index in [0.29, 0.717) is 6.54 Å². The van der Waals surface area contributed by atoms with Crippen LogP contribution in [0.25, 0.3) is 5.69 Å². The van der Waals surface area contributed by atoms with Crippen molar-refractivity contribution < 1.29 is 9.53 Å². The third kappa shape index (κ3) is 5.31. The molecule has 1 aromatic heterocycles. The van der Waals surface area contributed by atoms with Gasteiger partial charge in [-0.3, -0.25) is 14.3 Å². The maximum atomic E-state index is 12.8. The topological polar surface area (TPSA) is 72.3 Å². The fourth-order valence-corrected chi connectivity index (χ4v) is 4.75. The summed E-state index contributed by atoms with van der Waals surface area (Å²) < 4.78 is 7.45. The number of thioether (sulfide) groups is 1. The minimum absolute atomic E-state index is 0.0513. The van der Waals surface area contributed by atoms with Gasteiger partial charge in [-0.15, -0.1) is 10.2 Å². The van der Waals surface area contributed by atoms with Crippen molar-refractivity contribution in [1.82, 2.24) is 25.0 Å². The first-order valence-corrected chi connectivity index (χ1v) is 11.8. The van der Waals surface area contributed by atoms with E-state index in [-0.39, 0.29) is 11.2 Å². The number of ether oxygens (including phenoxy) is 1. The highest BCUT2D eigenvalue weighted by molar-refractivity contribution is 8.00. The number of rotatable bonds is 9. The molecule has 1 fully saturated rings. The summed E-state index contributed by atoms with van der Waals surface area (Å²) in [4.78, 5) is 15.2. The van der Waals surface area contributed by atoms with Crippen molar-refractivity contribution in [3.8, 4) is 11.4 Å².